The molecule has 3 aromatic rings. The van der Waals surface area contributed by atoms with E-state index in [-0.39, 0.29) is 5.54 Å². The second-order valence-electron chi connectivity index (χ2n) is 6.03. The van der Waals surface area contributed by atoms with E-state index in [1.54, 1.807) is 24.3 Å². The predicted octanol–water partition coefficient (Wildman–Crippen LogP) is 1.81. The van der Waals surface area contributed by atoms with Crippen LogP contribution in [0.5, 0.6) is 5.75 Å². The van der Waals surface area contributed by atoms with Gasteiger partial charge in [0.1, 0.15) is 12.4 Å². The largest absolute Gasteiger partial charge is 0.491 e. The van der Waals surface area contributed by atoms with Crippen LogP contribution in [0.3, 0.4) is 0 Å². The van der Waals surface area contributed by atoms with Crippen LogP contribution in [0.25, 0.3) is 0 Å². The van der Waals surface area contributed by atoms with E-state index in [1.807, 2.05) is 24.3 Å². The molecule has 0 amide bonds. The van der Waals surface area contributed by atoms with Crippen molar-refractivity contribution in [2.24, 2.45) is 0 Å². The van der Waals surface area contributed by atoms with E-state index in [9.17, 15) is 0 Å². The molecule has 8 nitrogen and oxygen atoms in total. The molecule has 25 heavy (non-hydrogen) atoms. The van der Waals surface area contributed by atoms with Crippen molar-refractivity contribution in [1.29, 1.82) is 0 Å². The highest BCUT2D eigenvalue weighted by molar-refractivity contribution is 5.29. The first-order chi connectivity index (χ1) is 12.3. The fourth-order valence-corrected chi connectivity index (χ4v) is 2.70. The molecule has 0 spiro atoms. The minimum absolute atomic E-state index is 0.353. The summed E-state index contributed by atoms with van der Waals surface area (Å²) in [5, 5.41) is 12.5. The minimum atomic E-state index is -0.353. The molecule has 1 aromatic carbocycles. The summed E-state index contributed by atoms with van der Waals surface area (Å²) in [5.41, 5.74) is 0.738. The maximum absolute atomic E-state index is 5.56. The number of methoxy groups -OCH3 is 1. The van der Waals surface area contributed by atoms with Crippen LogP contribution in [-0.2, 0) is 16.7 Å². The molecule has 0 unspecified atom stereocenters. The Morgan fingerprint density at radius 1 is 1.12 bits per heavy atom. The molecule has 0 aliphatic heterocycles. The molecule has 2 aromatic heterocycles. The number of hydrogen-bond acceptors (Lipinski definition) is 7. The average molecular weight is 341 g/mol. The lowest BCUT2D eigenvalue weighted by Crippen LogP contribution is -2.22. The molecule has 1 fully saturated rings. The topological polar surface area (TPSA) is 88.1 Å². The number of ether oxygens (including phenoxy) is 2. The third-order valence-electron chi connectivity index (χ3n) is 4.23. The van der Waals surface area contributed by atoms with E-state index in [0.717, 1.165) is 24.2 Å². The van der Waals surface area contributed by atoms with E-state index in [2.05, 4.69) is 20.3 Å². The van der Waals surface area contributed by atoms with Crippen LogP contribution >= 0.6 is 0 Å². The first-order valence-electron chi connectivity index (χ1n) is 8.21. The molecule has 2 heterocycles. The summed E-state index contributed by atoms with van der Waals surface area (Å²) in [7, 11) is 1.65. The zero-order valence-corrected chi connectivity index (χ0v) is 14.0. The molecule has 1 aliphatic carbocycles. The Balaban J connectivity index is 1.42. The van der Waals surface area contributed by atoms with Gasteiger partial charge in [0.05, 0.1) is 19.0 Å². The van der Waals surface area contributed by atoms with Crippen LogP contribution in [0.2, 0.25) is 0 Å². The van der Waals surface area contributed by atoms with Gasteiger partial charge in [-0.1, -0.05) is 17.3 Å². The fraction of sp³-hybridized carbons (Fsp3) is 0.412. The van der Waals surface area contributed by atoms with E-state index in [0.29, 0.717) is 31.3 Å². The molecular formula is C17H19N5O3. The minimum Gasteiger partial charge on any atom is -0.491 e. The van der Waals surface area contributed by atoms with Crippen molar-refractivity contribution >= 4 is 0 Å². The summed E-state index contributed by atoms with van der Waals surface area (Å²) in [5.74, 6) is 2.05. The third-order valence-corrected chi connectivity index (χ3v) is 4.23. The summed E-state index contributed by atoms with van der Waals surface area (Å²) >= 11 is 0. The van der Waals surface area contributed by atoms with E-state index in [4.69, 9.17) is 14.0 Å². The van der Waals surface area contributed by atoms with Gasteiger partial charge in [0.15, 0.2) is 11.4 Å². The van der Waals surface area contributed by atoms with Crippen molar-refractivity contribution in [2.45, 2.75) is 24.8 Å². The summed E-state index contributed by atoms with van der Waals surface area (Å²) in [6, 6.07) is 7.87. The molecule has 0 N–H and O–H groups in total. The highest BCUT2D eigenvalue weighted by Gasteiger charge is 2.53. The van der Waals surface area contributed by atoms with Gasteiger partial charge in [0.2, 0.25) is 0 Å². The second kappa shape index (κ2) is 6.64. The smallest absolute Gasteiger partial charge is 0.256 e. The quantitative estimate of drug-likeness (QED) is 0.577. The Morgan fingerprint density at radius 3 is 2.56 bits per heavy atom. The zero-order chi connectivity index (χ0) is 17.1. The van der Waals surface area contributed by atoms with Crippen molar-refractivity contribution in [1.82, 2.24) is 25.1 Å². The molecule has 0 saturated heterocycles. The number of benzene rings is 1. The van der Waals surface area contributed by atoms with Gasteiger partial charge in [-0.25, -0.2) is 0 Å². The lowest BCUT2D eigenvalue weighted by atomic mass is 10.1. The van der Waals surface area contributed by atoms with Crippen molar-refractivity contribution in [3.8, 4) is 5.75 Å². The standard InChI is InChI=1S/C17H19N5O3/c1-23-10-11-24-14-4-2-13(3-5-14)12-15-20-16(25-21-15)17(6-7-17)22-18-8-9-19-22/h2-5,8-9H,6-7,10-12H2,1H3. The molecule has 0 atom stereocenters. The fourth-order valence-electron chi connectivity index (χ4n) is 2.70. The molecule has 0 radical (unpaired) electrons. The van der Waals surface area contributed by atoms with Gasteiger partial charge in [0.25, 0.3) is 5.89 Å². The predicted molar refractivity (Wildman–Crippen MR) is 87.2 cm³/mol. The lowest BCUT2D eigenvalue weighted by molar-refractivity contribution is 0.146. The van der Waals surface area contributed by atoms with Crippen LogP contribution in [0.1, 0.15) is 30.1 Å². The summed E-state index contributed by atoms with van der Waals surface area (Å²) in [6.45, 7) is 1.11. The third kappa shape index (κ3) is 3.25. The van der Waals surface area contributed by atoms with Gasteiger partial charge >= 0.3 is 0 Å². The Hall–Kier alpha value is -2.74. The van der Waals surface area contributed by atoms with Crippen LogP contribution in [-0.4, -0.2) is 45.5 Å². The van der Waals surface area contributed by atoms with Gasteiger partial charge in [0, 0.05) is 13.5 Å². The van der Waals surface area contributed by atoms with Gasteiger partial charge in [-0.2, -0.15) is 20.0 Å². The summed E-state index contributed by atoms with van der Waals surface area (Å²) in [4.78, 5) is 6.22. The van der Waals surface area contributed by atoms with Crippen LogP contribution in [0.15, 0.2) is 41.2 Å². The van der Waals surface area contributed by atoms with E-state index < -0.39 is 0 Å². The van der Waals surface area contributed by atoms with Gasteiger partial charge in [-0.15, -0.1) is 0 Å². The number of rotatable bonds is 8. The van der Waals surface area contributed by atoms with Gasteiger partial charge in [-0.3, -0.25) is 0 Å². The summed E-state index contributed by atoms with van der Waals surface area (Å²) < 4.78 is 16.0. The van der Waals surface area contributed by atoms with Gasteiger partial charge < -0.3 is 14.0 Å². The molecule has 130 valence electrons. The maximum Gasteiger partial charge on any atom is 0.256 e. The lowest BCUT2D eigenvalue weighted by Gasteiger charge is -2.07. The van der Waals surface area contributed by atoms with Crippen LogP contribution in [0.4, 0.5) is 0 Å². The van der Waals surface area contributed by atoms with Crippen molar-refractivity contribution in [3.05, 3.63) is 53.9 Å². The Labute approximate surface area is 144 Å². The highest BCUT2D eigenvalue weighted by Crippen LogP contribution is 2.47. The molecule has 4 rings (SSSR count). The SMILES string of the molecule is COCCOc1ccc(Cc2noc(C3(n4nccn4)CC3)n2)cc1. The number of aromatic nitrogens is 5. The van der Waals surface area contributed by atoms with Crippen LogP contribution in [0, 0.1) is 0 Å². The average Bonchev–Trinajstić information content (AvgIpc) is 3.05. The first-order valence-corrected chi connectivity index (χ1v) is 8.21. The van der Waals surface area contributed by atoms with Crippen molar-refractivity contribution < 1.29 is 14.0 Å². The van der Waals surface area contributed by atoms with E-state index in [1.165, 1.54) is 0 Å². The first kappa shape index (κ1) is 15.8. The monoisotopic (exact) mass is 341 g/mol. The molecule has 1 saturated carbocycles. The molecular weight excluding hydrogens is 322 g/mol. The molecule has 8 heteroatoms. The Bertz CT molecular complexity index is 809. The zero-order valence-electron chi connectivity index (χ0n) is 14.0. The summed E-state index contributed by atoms with van der Waals surface area (Å²) in [6.07, 6.45) is 5.75. The molecule has 0 bridgehead atoms. The number of hydrogen-bond donors (Lipinski definition) is 0. The Morgan fingerprint density at radius 2 is 1.88 bits per heavy atom. The molecule has 1 aliphatic rings. The second-order valence-corrected chi connectivity index (χ2v) is 6.03. The van der Waals surface area contributed by atoms with Crippen molar-refractivity contribution in [3.63, 3.8) is 0 Å². The van der Waals surface area contributed by atoms with Crippen molar-refractivity contribution in [2.75, 3.05) is 20.3 Å². The normalized spacial score (nSPS) is 15.2. The van der Waals surface area contributed by atoms with Gasteiger partial charge in [-0.05, 0) is 30.5 Å². The Kier molecular flexibility index (Phi) is 4.19. The number of nitrogens with zero attached hydrogens (tertiary/aromatic N) is 5. The highest BCUT2D eigenvalue weighted by atomic mass is 16.5. The van der Waals surface area contributed by atoms with Crippen LogP contribution < -0.4 is 4.74 Å². The van der Waals surface area contributed by atoms with E-state index >= 15 is 0 Å². The maximum atomic E-state index is 5.56.